The molecule has 0 saturated carbocycles. The molecule has 0 radical (unpaired) electrons. The van der Waals surface area contributed by atoms with Crippen LogP contribution in [0.2, 0.25) is 0 Å². The van der Waals surface area contributed by atoms with Gasteiger partial charge in [-0.1, -0.05) is 17.3 Å². The predicted molar refractivity (Wildman–Crippen MR) is 45.5 cm³/mol. The zero-order valence-electron chi connectivity index (χ0n) is 6.73. The normalized spacial score (nSPS) is 11.4. The summed E-state index contributed by atoms with van der Waals surface area (Å²) < 4.78 is 4.83. The summed E-state index contributed by atoms with van der Waals surface area (Å²) in [6.07, 6.45) is 7.25. The summed E-state index contributed by atoms with van der Waals surface area (Å²) in [6, 6.07) is 1.81. The van der Waals surface area contributed by atoms with Gasteiger partial charge in [0.1, 0.15) is 17.7 Å². The van der Waals surface area contributed by atoms with Crippen molar-refractivity contribution in [2.75, 3.05) is 0 Å². The molecule has 62 valence electrons. The number of carbonyl (C=O) groups is 1. The van der Waals surface area contributed by atoms with Gasteiger partial charge in [-0.2, -0.15) is 0 Å². The molecule has 0 unspecified atom stereocenters. The largest absolute Gasteiger partial charge is 0.361 e. The van der Waals surface area contributed by atoms with Crippen LogP contribution < -0.4 is 0 Å². The molecule has 0 N–H and O–H groups in total. The van der Waals surface area contributed by atoms with Crippen molar-refractivity contribution in [2.24, 2.45) is 0 Å². The molecule has 0 aliphatic carbocycles. The second-order valence-corrected chi connectivity index (χ2v) is 2.24. The van der Waals surface area contributed by atoms with E-state index in [1.165, 1.54) is 6.08 Å². The fourth-order valence-corrected chi connectivity index (χ4v) is 0.728. The van der Waals surface area contributed by atoms with Gasteiger partial charge in [-0.25, -0.2) is 0 Å². The van der Waals surface area contributed by atoms with Crippen molar-refractivity contribution >= 4 is 12.4 Å². The van der Waals surface area contributed by atoms with Crippen molar-refractivity contribution in [1.29, 1.82) is 0 Å². The second kappa shape index (κ2) is 4.28. The van der Waals surface area contributed by atoms with Crippen molar-refractivity contribution in [3.63, 3.8) is 0 Å². The number of carbonyl (C=O) groups excluding carboxylic acids is 1. The summed E-state index contributed by atoms with van der Waals surface area (Å²) in [5, 5.41) is 3.73. The fraction of sp³-hybridized carbons (Fsp3) is 0.111. The van der Waals surface area contributed by atoms with Gasteiger partial charge in [0.2, 0.25) is 0 Å². The van der Waals surface area contributed by atoms with Crippen LogP contribution in [-0.2, 0) is 4.79 Å². The maximum absolute atomic E-state index is 9.87. The highest BCUT2D eigenvalue weighted by atomic mass is 16.5. The Bertz CT molecular complexity index is 310. The molecule has 0 amide bonds. The van der Waals surface area contributed by atoms with Gasteiger partial charge in [-0.15, -0.1) is 0 Å². The molecule has 1 heterocycles. The van der Waals surface area contributed by atoms with E-state index < -0.39 is 0 Å². The Morgan fingerprint density at radius 3 is 2.83 bits per heavy atom. The third-order valence-electron chi connectivity index (χ3n) is 1.21. The molecule has 0 bridgehead atoms. The van der Waals surface area contributed by atoms with Crippen LogP contribution in [0.1, 0.15) is 11.5 Å². The summed E-state index contributed by atoms with van der Waals surface area (Å²) in [6.45, 7) is 1.82. The zero-order valence-corrected chi connectivity index (χ0v) is 6.73. The fourth-order valence-electron chi connectivity index (χ4n) is 0.728. The van der Waals surface area contributed by atoms with Gasteiger partial charge in [-0.05, 0) is 19.1 Å². The predicted octanol–water partition coefficient (Wildman–Crippen LogP) is 1.75. The molecule has 0 spiro atoms. The van der Waals surface area contributed by atoms with Gasteiger partial charge >= 0.3 is 0 Å². The van der Waals surface area contributed by atoms with E-state index in [0.29, 0.717) is 0 Å². The molecule has 3 heteroatoms. The van der Waals surface area contributed by atoms with E-state index in [1.807, 2.05) is 13.0 Å². The van der Waals surface area contributed by atoms with E-state index in [1.54, 1.807) is 18.2 Å². The lowest BCUT2D eigenvalue weighted by Gasteiger charge is -1.74. The number of rotatable bonds is 3. The molecule has 1 aromatic rings. The lowest BCUT2D eigenvalue weighted by molar-refractivity contribution is -0.104. The monoisotopic (exact) mass is 163 g/mol. The summed E-state index contributed by atoms with van der Waals surface area (Å²) >= 11 is 0. The summed E-state index contributed by atoms with van der Waals surface area (Å²) in [4.78, 5) is 9.87. The molecule has 0 fully saturated rings. The molecule has 0 saturated heterocycles. The second-order valence-electron chi connectivity index (χ2n) is 2.24. The summed E-state index contributed by atoms with van der Waals surface area (Å²) in [7, 11) is 0. The van der Waals surface area contributed by atoms with Crippen LogP contribution in [0.25, 0.3) is 6.08 Å². The topological polar surface area (TPSA) is 43.1 Å². The van der Waals surface area contributed by atoms with Crippen LogP contribution in [0.5, 0.6) is 0 Å². The van der Waals surface area contributed by atoms with Crippen LogP contribution in [0.15, 0.2) is 28.8 Å². The molecular formula is C9H9NO2. The standard InChI is InChI=1S/C9H9NO2/c1-8-7-9(10-12-8)5-3-2-4-6-11/h2-7H,1H3. The molecule has 12 heavy (non-hydrogen) atoms. The average molecular weight is 163 g/mol. The lowest BCUT2D eigenvalue weighted by atomic mass is 10.3. The van der Waals surface area contributed by atoms with Crippen molar-refractivity contribution < 1.29 is 9.32 Å². The molecule has 1 rings (SSSR count). The number of nitrogens with zero attached hydrogens (tertiary/aromatic N) is 1. The molecule has 0 aliphatic rings. The quantitative estimate of drug-likeness (QED) is 0.387. The number of hydrogen-bond donors (Lipinski definition) is 0. The average Bonchev–Trinajstić information content (AvgIpc) is 2.45. The number of hydrogen-bond acceptors (Lipinski definition) is 3. The number of aryl methyl sites for hydroxylation is 1. The number of aldehydes is 1. The van der Waals surface area contributed by atoms with Gasteiger partial charge in [0.25, 0.3) is 0 Å². The molecule has 0 atom stereocenters. The first-order valence-electron chi connectivity index (χ1n) is 3.55. The van der Waals surface area contributed by atoms with Crippen LogP contribution in [0.4, 0.5) is 0 Å². The molecule has 3 nitrogen and oxygen atoms in total. The van der Waals surface area contributed by atoms with Gasteiger partial charge < -0.3 is 4.52 Å². The van der Waals surface area contributed by atoms with Crippen LogP contribution in [0.3, 0.4) is 0 Å². The van der Waals surface area contributed by atoms with E-state index in [4.69, 9.17) is 4.52 Å². The highest BCUT2D eigenvalue weighted by Gasteiger charge is 1.92. The molecule has 0 aromatic carbocycles. The highest BCUT2D eigenvalue weighted by molar-refractivity contribution is 5.66. The van der Waals surface area contributed by atoms with Gasteiger partial charge in [0.05, 0.1) is 0 Å². The van der Waals surface area contributed by atoms with Crippen LogP contribution in [0, 0.1) is 6.92 Å². The van der Waals surface area contributed by atoms with Crippen molar-refractivity contribution in [2.45, 2.75) is 6.92 Å². The Morgan fingerprint density at radius 1 is 1.42 bits per heavy atom. The first-order chi connectivity index (χ1) is 5.83. The van der Waals surface area contributed by atoms with E-state index in [-0.39, 0.29) is 0 Å². The highest BCUT2D eigenvalue weighted by Crippen LogP contribution is 2.02. The zero-order chi connectivity index (χ0) is 8.81. The minimum atomic E-state index is 0.721. The Hall–Kier alpha value is -1.64. The minimum absolute atomic E-state index is 0.721. The van der Waals surface area contributed by atoms with Crippen LogP contribution >= 0.6 is 0 Å². The van der Waals surface area contributed by atoms with E-state index >= 15 is 0 Å². The molecular weight excluding hydrogens is 154 g/mol. The Morgan fingerprint density at radius 2 is 2.25 bits per heavy atom. The lowest BCUT2D eigenvalue weighted by Crippen LogP contribution is -1.65. The Kier molecular flexibility index (Phi) is 3.02. The van der Waals surface area contributed by atoms with Gasteiger partial charge in [0, 0.05) is 6.07 Å². The first-order valence-corrected chi connectivity index (χ1v) is 3.55. The SMILES string of the molecule is Cc1cc(C=CC=CC=O)no1. The van der Waals surface area contributed by atoms with Gasteiger partial charge in [-0.3, -0.25) is 4.79 Å². The van der Waals surface area contributed by atoms with Crippen molar-refractivity contribution in [3.05, 3.63) is 35.7 Å². The van der Waals surface area contributed by atoms with Crippen LogP contribution in [-0.4, -0.2) is 11.4 Å². The number of aromatic nitrogens is 1. The molecule has 0 aliphatic heterocycles. The van der Waals surface area contributed by atoms with Gasteiger partial charge in [0.15, 0.2) is 0 Å². The van der Waals surface area contributed by atoms with E-state index in [2.05, 4.69) is 5.16 Å². The van der Waals surface area contributed by atoms with Crippen molar-refractivity contribution in [3.8, 4) is 0 Å². The van der Waals surface area contributed by atoms with Crippen molar-refractivity contribution in [1.82, 2.24) is 5.16 Å². The Balaban J connectivity index is 2.57. The minimum Gasteiger partial charge on any atom is -0.361 e. The summed E-state index contributed by atoms with van der Waals surface area (Å²) in [5.41, 5.74) is 0.753. The third-order valence-corrected chi connectivity index (χ3v) is 1.21. The Labute approximate surface area is 70.4 Å². The smallest absolute Gasteiger partial charge is 0.142 e. The maximum Gasteiger partial charge on any atom is 0.142 e. The first kappa shape index (κ1) is 8.46. The third kappa shape index (κ3) is 2.54. The van der Waals surface area contributed by atoms with E-state index in [0.717, 1.165) is 17.7 Å². The molecule has 1 aromatic heterocycles. The number of allylic oxidation sites excluding steroid dienone is 3. The maximum atomic E-state index is 9.87. The summed E-state index contributed by atoms with van der Waals surface area (Å²) in [5.74, 6) is 0.772. The van der Waals surface area contributed by atoms with E-state index in [9.17, 15) is 4.79 Å².